The van der Waals surface area contributed by atoms with Gasteiger partial charge in [0.25, 0.3) is 0 Å². The van der Waals surface area contributed by atoms with E-state index in [1.54, 1.807) is 0 Å². The Kier molecular flexibility index (Phi) is 4.58. The van der Waals surface area contributed by atoms with Crippen LogP contribution in [0.15, 0.2) is 12.4 Å². The average molecular weight is 160 g/mol. The molecule has 0 aliphatic heterocycles. The molecule has 1 aromatic heterocycles. The van der Waals surface area contributed by atoms with Crippen molar-refractivity contribution in [3.63, 3.8) is 0 Å². The van der Waals surface area contributed by atoms with Crippen LogP contribution in [0.5, 0.6) is 0 Å². The van der Waals surface area contributed by atoms with Gasteiger partial charge >= 0.3 is 0 Å². The summed E-state index contributed by atoms with van der Waals surface area (Å²) in [4.78, 5) is 7.24. The van der Waals surface area contributed by atoms with Crippen molar-refractivity contribution in [2.24, 2.45) is 0 Å². The lowest BCUT2D eigenvalue weighted by atomic mass is 10.6. The van der Waals surface area contributed by atoms with Crippen molar-refractivity contribution in [2.75, 3.05) is 5.73 Å². The fraction of sp³-hybridized carbons (Fsp3) is 0.333. The Morgan fingerprint density at radius 3 is 2.30 bits per heavy atom. The summed E-state index contributed by atoms with van der Waals surface area (Å²) in [6, 6.07) is 1.49. The van der Waals surface area contributed by atoms with Crippen molar-refractivity contribution >= 4 is 17.4 Å². The molecule has 0 aromatic carbocycles. The molecule has 0 bridgehead atoms. The quantitative estimate of drug-likeness (QED) is 0.587. The van der Waals surface area contributed by atoms with Crippen LogP contribution in [-0.2, 0) is 0 Å². The van der Waals surface area contributed by atoms with E-state index >= 15 is 0 Å². The van der Waals surface area contributed by atoms with Gasteiger partial charge in [0.2, 0.25) is 0 Å². The average Bonchev–Trinajstić information content (AvgIpc) is 1.91. The number of anilines is 1. The third-order valence-electron chi connectivity index (χ3n) is 0.655. The summed E-state index contributed by atoms with van der Waals surface area (Å²) in [7, 11) is 0. The van der Waals surface area contributed by atoms with Gasteiger partial charge in [-0.3, -0.25) is 0 Å². The molecule has 0 atom stereocenters. The van der Waals surface area contributed by atoms with Crippen molar-refractivity contribution in [3.05, 3.63) is 17.5 Å². The van der Waals surface area contributed by atoms with Gasteiger partial charge in [-0.05, 0) is 0 Å². The maximum absolute atomic E-state index is 5.41. The Bertz CT molecular complexity index is 173. The molecule has 0 aliphatic rings. The van der Waals surface area contributed by atoms with Gasteiger partial charge in [-0.2, -0.15) is 0 Å². The van der Waals surface area contributed by atoms with Gasteiger partial charge in [-0.1, -0.05) is 25.4 Å². The Hall–Kier alpha value is -0.830. The zero-order chi connectivity index (χ0) is 7.98. The van der Waals surface area contributed by atoms with Crippen molar-refractivity contribution in [1.29, 1.82) is 0 Å². The van der Waals surface area contributed by atoms with Gasteiger partial charge in [0.1, 0.15) is 17.3 Å². The number of hydrogen-bond donors (Lipinski definition) is 1. The minimum absolute atomic E-state index is 0.373. The van der Waals surface area contributed by atoms with Crippen molar-refractivity contribution in [3.8, 4) is 0 Å². The SMILES string of the molecule is CC.Nc1cc(Cl)ncn1. The molecular weight excluding hydrogens is 150 g/mol. The predicted molar refractivity (Wildman–Crippen MR) is 42.8 cm³/mol. The summed E-state index contributed by atoms with van der Waals surface area (Å²) in [5.41, 5.74) is 5.22. The molecule has 0 unspecified atom stereocenters. The van der Waals surface area contributed by atoms with Crippen LogP contribution in [0.3, 0.4) is 0 Å². The Labute approximate surface area is 65.2 Å². The third-order valence-corrected chi connectivity index (χ3v) is 0.862. The lowest BCUT2D eigenvalue weighted by Gasteiger charge is -1.87. The van der Waals surface area contributed by atoms with E-state index in [-0.39, 0.29) is 0 Å². The van der Waals surface area contributed by atoms with Gasteiger partial charge < -0.3 is 5.73 Å². The molecule has 0 radical (unpaired) electrons. The minimum atomic E-state index is 0.373. The van der Waals surface area contributed by atoms with Crippen LogP contribution in [0, 0.1) is 0 Å². The summed E-state index contributed by atoms with van der Waals surface area (Å²) < 4.78 is 0. The monoisotopic (exact) mass is 159 g/mol. The van der Waals surface area contributed by atoms with Crippen LogP contribution >= 0.6 is 11.6 Å². The lowest BCUT2D eigenvalue weighted by Crippen LogP contribution is -1.88. The maximum atomic E-state index is 5.41. The van der Waals surface area contributed by atoms with Crippen LogP contribution in [0.2, 0.25) is 5.15 Å². The van der Waals surface area contributed by atoms with Crippen LogP contribution in [-0.4, -0.2) is 9.97 Å². The van der Waals surface area contributed by atoms with Gasteiger partial charge in [0, 0.05) is 6.07 Å². The maximum Gasteiger partial charge on any atom is 0.134 e. The number of rotatable bonds is 0. The number of aromatic nitrogens is 2. The third kappa shape index (κ3) is 3.25. The molecule has 0 saturated heterocycles. The smallest absolute Gasteiger partial charge is 0.134 e. The highest BCUT2D eigenvalue weighted by molar-refractivity contribution is 6.29. The molecule has 10 heavy (non-hydrogen) atoms. The molecule has 0 spiro atoms. The summed E-state index contributed by atoms with van der Waals surface area (Å²) in [5, 5.41) is 0.373. The summed E-state index contributed by atoms with van der Waals surface area (Å²) in [5.74, 6) is 0.394. The van der Waals surface area contributed by atoms with Crippen LogP contribution in [0.25, 0.3) is 0 Å². The number of nitrogens with two attached hydrogens (primary N) is 1. The van der Waals surface area contributed by atoms with E-state index in [9.17, 15) is 0 Å². The molecule has 1 aromatic rings. The normalized spacial score (nSPS) is 7.90. The Balaban J connectivity index is 0.000000371. The van der Waals surface area contributed by atoms with Crippen molar-refractivity contribution in [1.82, 2.24) is 9.97 Å². The lowest BCUT2D eigenvalue weighted by molar-refractivity contribution is 1.18. The van der Waals surface area contributed by atoms with E-state index in [0.29, 0.717) is 11.0 Å². The number of nitrogen functional groups attached to an aromatic ring is 1. The number of halogens is 1. The van der Waals surface area contributed by atoms with Gasteiger partial charge in [-0.25, -0.2) is 9.97 Å². The fourth-order valence-electron chi connectivity index (χ4n) is 0.347. The molecule has 0 fully saturated rings. The van der Waals surface area contributed by atoms with Crippen LogP contribution in [0.1, 0.15) is 13.8 Å². The predicted octanol–water partition coefficient (Wildman–Crippen LogP) is 1.74. The zero-order valence-corrected chi connectivity index (χ0v) is 6.76. The first-order valence-corrected chi connectivity index (χ1v) is 3.40. The molecule has 1 rings (SSSR count). The molecule has 0 amide bonds. The molecule has 0 aliphatic carbocycles. The van der Waals surface area contributed by atoms with E-state index in [0.717, 1.165) is 0 Å². The first-order chi connectivity index (χ1) is 4.79. The summed E-state index contributed by atoms with van der Waals surface area (Å²) >= 11 is 5.41. The van der Waals surface area contributed by atoms with E-state index < -0.39 is 0 Å². The Morgan fingerprint density at radius 2 is 2.00 bits per heavy atom. The first-order valence-electron chi connectivity index (χ1n) is 3.02. The first kappa shape index (κ1) is 9.17. The number of hydrogen-bond acceptors (Lipinski definition) is 3. The topological polar surface area (TPSA) is 51.8 Å². The highest BCUT2D eigenvalue weighted by Crippen LogP contribution is 2.03. The van der Waals surface area contributed by atoms with Crippen LogP contribution in [0.4, 0.5) is 5.82 Å². The standard InChI is InChI=1S/C4H4ClN3.C2H6/c5-3-1-4(6)8-2-7-3;1-2/h1-2H,(H2,6,7,8);1-2H3. The molecular formula is C6H10ClN3. The molecule has 56 valence electrons. The largest absolute Gasteiger partial charge is 0.384 e. The van der Waals surface area contributed by atoms with E-state index in [4.69, 9.17) is 17.3 Å². The molecule has 4 heteroatoms. The molecule has 2 N–H and O–H groups in total. The second kappa shape index (κ2) is 4.99. The highest BCUT2D eigenvalue weighted by Gasteiger charge is 1.86. The second-order valence-electron chi connectivity index (χ2n) is 1.27. The Morgan fingerprint density at radius 1 is 1.40 bits per heavy atom. The van der Waals surface area contributed by atoms with E-state index in [1.807, 2.05) is 13.8 Å². The van der Waals surface area contributed by atoms with Crippen molar-refractivity contribution in [2.45, 2.75) is 13.8 Å². The van der Waals surface area contributed by atoms with Crippen molar-refractivity contribution < 1.29 is 0 Å². The summed E-state index contributed by atoms with van der Waals surface area (Å²) in [6.07, 6.45) is 1.32. The minimum Gasteiger partial charge on any atom is -0.384 e. The van der Waals surface area contributed by atoms with E-state index in [2.05, 4.69) is 9.97 Å². The fourth-order valence-corrected chi connectivity index (χ4v) is 0.503. The highest BCUT2D eigenvalue weighted by atomic mass is 35.5. The molecule has 0 saturated carbocycles. The second-order valence-corrected chi connectivity index (χ2v) is 1.65. The summed E-state index contributed by atoms with van der Waals surface area (Å²) in [6.45, 7) is 4.00. The van der Waals surface area contributed by atoms with Gasteiger partial charge in [-0.15, -0.1) is 0 Å². The van der Waals surface area contributed by atoms with Gasteiger partial charge in [0.15, 0.2) is 0 Å². The number of nitrogens with zero attached hydrogens (tertiary/aromatic N) is 2. The zero-order valence-electron chi connectivity index (χ0n) is 6.00. The van der Waals surface area contributed by atoms with Gasteiger partial charge in [0.05, 0.1) is 0 Å². The van der Waals surface area contributed by atoms with E-state index in [1.165, 1.54) is 12.4 Å². The molecule has 3 nitrogen and oxygen atoms in total. The van der Waals surface area contributed by atoms with Crippen LogP contribution < -0.4 is 5.73 Å². The molecule has 1 heterocycles.